The van der Waals surface area contributed by atoms with E-state index >= 15 is 0 Å². The second-order valence-electron chi connectivity index (χ2n) is 9.71. The number of halogens is 3. The Hall–Kier alpha value is -3.16. The first-order chi connectivity index (χ1) is 17.4. The molecule has 3 aromatic carbocycles. The first-order valence-corrected chi connectivity index (χ1v) is 12.2. The molecule has 0 unspecified atom stereocenters. The predicted octanol–water partition coefficient (Wildman–Crippen LogP) is 5.07. The van der Waals surface area contributed by atoms with Gasteiger partial charge < -0.3 is 10.1 Å². The van der Waals surface area contributed by atoms with Gasteiger partial charge in [0.25, 0.3) is 0 Å². The molecule has 3 aromatic rings. The number of amides is 1. The van der Waals surface area contributed by atoms with Gasteiger partial charge in [-0.2, -0.15) is 0 Å². The van der Waals surface area contributed by atoms with Gasteiger partial charge in [-0.3, -0.25) is 9.69 Å². The van der Waals surface area contributed by atoms with Crippen molar-refractivity contribution in [3.8, 4) is 0 Å². The highest BCUT2D eigenvalue weighted by Crippen LogP contribution is 2.52. The Balaban J connectivity index is 1.35. The Bertz CT molecular complexity index is 1240. The molecule has 1 aliphatic heterocycles. The molecule has 4 nitrogen and oxygen atoms in total. The van der Waals surface area contributed by atoms with Crippen molar-refractivity contribution in [2.24, 2.45) is 0 Å². The van der Waals surface area contributed by atoms with Crippen LogP contribution in [0.3, 0.4) is 0 Å². The van der Waals surface area contributed by atoms with Crippen molar-refractivity contribution >= 4 is 5.91 Å². The Morgan fingerprint density at radius 1 is 0.972 bits per heavy atom. The monoisotopic (exact) mass is 494 g/mol. The third-order valence-corrected chi connectivity index (χ3v) is 7.73. The van der Waals surface area contributed by atoms with Gasteiger partial charge in [0.05, 0.1) is 18.6 Å². The molecule has 0 aromatic heterocycles. The van der Waals surface area contributed by atoms with E-state index < -0.39 is 17.5 Å². The highest BCUT2D eigenvalue weighted by Gasteiger charge is 2.54. The number of nitrogens with zero attached hydrogens (tertiary/aromatic N) is 1. The fourth-order valence-corrected chi connectivity index (χ4v) is 5.98. The van der Waals surface area contributed by atoms with Crippen LogP contribution >= 0.6 is 0 Å². The number of likely N-dealkylation sites (tertiary alicyclic amines) is 1. The topological polar surface area (TPSA) is 41.6 Å². The maximum atomic E-state index is 14.3. The van der Waals surface area contributed by atoms with Gasteiger partial charge in [0.15, 0.2) is 11.6 Å². The van der Waals surface area contributed by atoms with E-state index in [-0.39, 0.29) is 42.0 Å². The van der Waals surface area contributed by atoms with Gasteiger partial charge in [-0.15, -0.1) is 0 Å². The van der Waals surface area contributed by atoms with Gasteiger partial charge in [-0.1, -0.05) is 54.6 Å². The van der Waals surface area contributed by atoms with E-state index in [1.165, 1.54) is 0 Å². The molecular formula is C29H29F3N2O2. The molecule has 7 heteroatoms. The predicted molar refractivity (Wildman–Crippen MR) is 131 cm³/mol. The van der Waals surface area contributed by atoms with Crippen LogP contribution in [0.25, 0.3) is 0 Å². The lowest BCUT2D eigenvalue weighted by molar-refractivity contribution is -0.122. The molecule has 36 heavy (non-hydrogen) atoms. The lowest BCUT2D eigenvalue weighted by Crippen LogP contribution is -2.50. The second-order valence-corrected chi connectivity index (χ2v) is 9.71. The third kappa shape index (κ3) is 4.42. The number of fused-ring (bicyclic) bond motifs is 2. The smallest absolute Gasteiger partial charge is 0.224 e. The lowest BCUT2D eigenvalue weighted by Gasteiger charge is -2.44. The maximum absolute atomic E-state index is 14.3. The molecule has 188 valence electrons. The fraction of sp³-hybridized carbons (Fsp3) is 0.345. The summed E-state index contributed by atoms with van der Waals surface area (Å²) in [6.07, 6.45) is 1.37. The van der Waals surface area contributed by atoms with Crippen LogP contribution < -0.4 is 5.32 Å². The second kappa shape index (κ2) is 10.1. The molecule has 1 aliphatic carbocycles. The van der Waals surface area contributed by atoms with E-state index in [0.717, 1.165) is 28.8 Å². The van der Waals surface area contributed by atoms with Crippen LogP contribution in [0, 0.1) is 17.5 Å². The number of hydrogen-bond donors (Lipinski definition) is 1. The summed E-state index contributed by atoms with van der Waals surface area (Å²) in [4.78, 5) is 14.9. The summed E-state index contributed by atoms with van der Waals surface area (Å²) in [5, 5.41) is 3.21. The van der Waals surface area contributed by atoms with Gasteiger partial charge in [-0.25, -0.2) is 13.2 Å². The molecular weight excluding hydrogens is 465 g/mol. The summed E-state index contributed by atoms with van der Waals surface area (Å²) < 4.78 is 48.2. The zero-order chi connectivity index (χ0) is 25.3. The van der Waals surface area contributed by atoms with Gasteiger partial charge in [-0.05, 0) is 54.8 Å². The quantitative estimate of drug-likeness (QED) is 0.487. The maximum Gasteiger partial charge on any atom is 0.224 e. The number of benzene rings is 3. The van der Waals surface area contributed by atoms with Crippen LogP contribution in [0.5, 0.6) is 0 Å². The molecule has 1 fully saturated rings. The molecule has 1 N–H and O–H groups in total. The SMILES string of the molecule is CO[C@@H]1[C@@H](NC(=O)Cc2ccccc2)c2ccccc2C12CCN(Cc1c(F)ccc(F)c1F)CC2. The van der Waals surface area contributed by atoms with Crippen LogP contribution in [0.2, 0.25) is 0 Å². The molecule has 2 atom stereocenters. The minimum Gasteiger partial charge on any atom is -0.378 e. The first-order valence-electron chi connectivity index (χ1n) is 12.2. The number of ether oxygens (including phenoxy) is 1. The average Bonchev–Trinajstić information content (AvgIpc) is 3.14. The number of rotatable bonds is 6. The Morgan fingerprint density at radius 2 is 1.64 bits per heavy atom. The lowest BCUT2D eigenvalue weighted by atomic mass is 9.71. The highest BCUT2D eigenvalue weighted by atomic mass is 19.2. The molecule has 0 bridgehead atoms. The van der Waals surface area contributed by atoms with Crippen molar-refractivity contribution in [2.75, 3.05) is 20.2 Å². The summed E-state index contributed by atoms with van der Waals surface area (Å²) in [5.41, 5.74) is 2.54. The summed E-state index contributed by atoms with van der Waals surface area (Å²) in [5.74, 6) is -2.98. The third-order valence-electron chi connectivity index (χ3n) is 7.73. The van der Waals surface area contributed by atoms with Crippen LogP contribution in [-0.4, -0.2) is 37.1 Å². The zero-order valence-corrected chi connectivity index (χ0v) is 20.1. The Labute approximate surface area is 209 Å². The summed E-state index contributed by atoms with van der Waals surface area (Å²) >= 11 is 0. The van der Waals surface area contributed by atoms with E-state index in [0.29, 0.717) is 25.9 Å². The van der Waals surface area contributed by atoms with E-state index in [2.05, 4.69) is 11.4 Å². The number of carbonyl (C=O) groups is 1. The van der Waals surface area contributed by atoms with Crippen molar-refractivity contribution in [1.82, 2.24) is 10.2 Å². The van der Waals surface area contributed by atoms with E-state index in [1.54, 1.807) is 7.11 Å². The molecule has 0 saturated carbocycles. The highest BCUT2D eigenvalue weighted by molar-refractivity contribution is 5.79. The molecule has 0 radical (unpaired) electrons. The van der Waals surface area contributed by atoms with E-state index in [4.69, 9.17) is 4.74 Å². The normalized spacial score (nSPS) is 20.9. The number of nitrogens with one attached hydrogen (secondary N) is 1. The zero-order valence-electron chi connectivity index (χ0n) is 20.1. The van der Waals surface area contributed by atoms with Crippen molar-refractivity contribution in [3.63, 3.8) is 0 Å². The van der Waals surface area contributed by atoms with Crippen LogP contribution in [0.4, 0.5) is 13.2 Å². The summed E-state index contributed by atoms with van der Waals surface area (Å²) in [6.45, 7) is 1.13. The minimum absolute atomic E-state index is 0.00203. The van der Waals surface area contributed by atoms with Gasteiger partial charge >= 0.3 is 0 Å². The van der Waals surface area contributed by atoms with Crippen LogP contribution in [0.1, 0.15) is 41.1 Å². The van der Waals surface area contributed by atoms with Crippen molar-refractivity contribution in [2.45, 2.75) is 43.4 Å². The van der Waals surface area contributed by atoms with Gasteiger partial charge in [0.1, 0.15) is 5.82 Å². The average molecular weight is 495 g/mol. The van der Waals surface area contributed by atoms with E-state index in [1.807, 2.05) is 53.4 Å². The molecule has 1 heterocycles. The molecule has 1 amide bonds. The minimum atomic E-state index is -1.13. The number of piperidine rings is 1. The van der Waals surface area contributed by atoms with Crippen LogP contribution in [-0.2, 0) is 27.9 Å². The van der Waals surface area contributed by atoms with Crippen molar-refractivity contribution in [3.05, 3.63) is 106 Å². The van der Waals surface area contributed by atoms with Gasteiger partial charge in [0.2, 0.25) is 5.91 Å². The summed E-state index contributed by atoms with van der Waals surface area (Å²) in [6, 6.07) is 19.2. The Kier molecular flexibility index (Phi) is 6.86. The largest absolute Gasteiger partial charge is 0.378 e. The fourth-order valence-electron chi connectivity index (χ4n) is 5.98. The van der Waals surface area contributed by atoms with Crippen molar-refractivity contribution < 1.29 is 22.7 Å². The Morgan fingerprint density at radius 3 is 2.36 bits per heavy atom. The summed E-state index contributed by atoms with van der Waals surface area (Å²) in [7, 11) is 1.67. The number of methoxy groups -OCH3 is 1. The molecule has 1 saturated heterocycles. The standard InChI is InChI=1S/C29H29F3N2O2/c1-36-28-27(33-25(35)17-19-7-3-2-4-8-19)20-9-5-6-10-22(20)29(28)13-15-34(16-14-29)18-21-23(30)11-12-24(31)26(21)32/h2-12,27-28H,13-18H2,1H3,(H,33,35)/t27-,28+/m0/s1. The van der Waals surface area contributed by atoms with Crippen LogP contribution in [0.15, 0.2) is 66.7 Å². The van der Waals surface area contributed by atoms with E-state index in [9.17, 15) is 18.0 Å². The molecule has 5 rings (SSSR count). The molecule has 2 aliphatic rings. The molecule has 1 spiro atoms. The van der Waals surface area contributed by atoms with Crippen molar-refractivity contribution in [1.29, 1.82) is 0 Å². The van der Waals surface area contributed by atoms with Gasteiger partial charge in [0, 0.05) is 24.6 Å². The first kappa shape index (κ1) is 24.5. The number of carbonyl (C=O) groups excluding carboxylic acids is 1. The number of hydrogen-bond acceptors (Lipinski definition) is 3.